The first kappa shape index (κ1) is 18.9. The van der Waals surface area contributed by atoms with Crippen LogP contribution in [0.2, 0.25) is 0 Å². The van der Waals surface area contributed by atoms with E-state index in [4.69, 9.17) is 0 Å². The zero-order chi connectivity index (χ0) is 19.8. The summed E-state index contributed by atoms with van der Waals surface area (Å²) in [6.45, 7) is 0.383. The van der Waals surface area contributed by atoms with Gasteiger partial charge in [-0.3, -0.25) is 13.9 Å². The van der Waals surface area contributed by atoms with Crippen LogP contribution in [0.4, 0.5) is 11.4 Å². The lowest BCUT2D eigenvalue weighted by Crippen LogP contribution is -2.27. The first-order chi connectivity index (χ1) is 12.7. The van der Waals surface area contributed by atoms with Gasteiger partial charge in [0.1, 0.15) is 0 Å². The minimum absolute atomic E-state index is 0.149. The van der Waals surface area contributed by atoms with Crippen molar-refractivity contribution in [3.63, 3.8) is 0 Å². The molecule has 27 heavy (non-hydrogen) atoms. The second-order valence-corrected chi connectivity index (χ2v) is 8.57. The summed E-state index contributed by atoms with van der Waals surface area (Å²) in [7, 11) is 0.00848. The molecule has 0 unspecified atom stereocenters. The van der Waals surface area contributed by atoms with Crippen molar-refractivity contribution in [1.29, 1.82) is 0 Å². The van der Waals surface area contributed by atoms with E-state index in [0.717, 1.165) is 5.56 Å². The van der Waals surface area contributed by atoms with Crippen molar-refractivity contribution in [2.24, 2.45) is 0 Å². The summed E-state index contributed by atoms with van der Waals surface area (Å²) in [4.78, 5) is 26.1. The number of nitrogens with one attached hydrogen (secondary N) is 1. The van der Waals surface area contributed by atoms with Gasteiger partial charge in [-0.25, -0.2) is 8.42 Å². The molecule has 0 aromatic heterocycles. The highest BCUT2D eigenvalue weighted by atomic mass is 32.2. The molecule has 1 aliphatic rings. The molecule has 0 bridgehead atoms. The monoisotopic (exact) mass is 387 g/mol. The quantitative estimate of drug-likeness (QED) is 0.869. The molecule has 0 fully saturated rings. The van der Waals surface area contributed by atoms with Crippen LogP contribution in [0.25, 0.3) is 0 Å². The number of sulfonamides is 1. The zero-order valence-corrected chi connectivity index (χ0v) is 16.2. The Morgan fingerprint density at radius 2 is 1.81 bits per heavy atom. The van der Waals surface area contributed by atoms with Crippen LogP contribution >= 0.6 is 0 Å². The third-order valence-electron chi connectivity index (χ3n) is 4.37. The number of carbonyl (C=O) groups is 2. The highest BCUT2D eigenvalue weighted by molar-refractivity contribution is 7.92. The number of nitrogens with zero attached hydrogens (tertiary/aromatic N) is 2. The molecule has 142 valence electrons. The topological polar surface area (TPSA) is 86.8 Å². The standard InChI is InChI=1S/C19H21N3O4S/c1-21(2)19(24)15-5-4-6-16(12-15)20-18(23)14-7-8-17-13(11-14)9-10-22(17)27(3,25)26/h4-8,11-12H,9-10H2,1-3H3,(H,20,23). The summed E-state index contributed by atoms with van der Waals surface area (Å²) in [5, 5.41) is 2.78. The van der Waals surface area contributed by atoms with E-state index in [1.54, 1.807) is 56.6 Å². The predicted octanol–water partition coefficient (Wildman–Crippen LogP) is 1.96. The van der Waals surface area contributed by atoms with Gasteiger partial charge in [0.25, 0.3) is 11.8 Å². The minimum atomic E-state index is -3.32. The SMILES string of the molecule is CN(C)C(=O)c1cccc(NC(=O)c2ccc3c(c2)CCN3S(C)(=O)=O)c1. The van der Waals surface area contributed by atoms with Gasteiger partial charge in [-0.2, -0.15) is 0 Å². The van der Waals surface area contributed by atoms with Crippen molar-refractivity contribution in [3.05, 3.63) is 59.2 Å². The molecule has 1 heterocycles. The summed E-state index contributed by atoms with van der Waals surface area (Å²) < 4.78 is 25.0. The van der Waals surface area contributed by atoms with Crippen LogP contribution in [-0.4, -0.2) is 52.0 Å². The van der Waals surface area contributed by atoms with E-state index in [1.807, 2.05) is 0 Å². The van der Waals surface area contributed by atoms with Crippen LogP contribution in [0.1, 0.15) is 26.3 Å². The molecular formula is C19H21N3O4S. The summed E-state index contributed by atoms with van der Waals surface area (Å²) >= 11 is 0. The van der Waals surface area contributed by atoms with Crippen molar-refractivity contribution in [3.8, 4) is 0 Å². The number of carbonyl (C=O) groups excluding carboxylic acids is 2. The molecule has 7 nitrogen and oxygen atoms in total. The van der Waals surface area contributed by atoms with Crippen LogP contribution in [0.3, 0.4) is 0 Å². The summed E-state index contributed by atoms with van der Waals surface area (Å²) in [5.41, 5.74) is 2.88. The second kappa shape index (κ2) is 7.03. The predicted molar refractivity (Wildman–Crippen MR) is 105 cm³/mol. The maximum Gasteiger partial charge on any atom is 0.255 e. The van der Waals surface area contributed by atoms with Gasteiger partial charge >= 0.3 is 0 Å². The number of rotatable bonds is 4. The lowest BCUT2D eigenvalue weighted by atomic mass is 10.1. The van der Waals surface area contributed by atoms with E-state index < -0.39 is 10.0 Å². The highest BCUT2D eigenvalue weighted by Crippen LogP contribution is 2.30. The number of amides is 2. The van der Waals surface area contributed by atoms with Gasteiger partial charge in [0.2, 0.25) is 10.0 Å². The van der Waals surface area contributed by atoms with Crippen LogP contribution in [0.15, 0.2) is 42.5 Å². The number of anilines is 2. The third-order valence-corrected chi connectivity index (χ3v) is 5.55. The fraction of sp³-hybridized carbons (Fsp3) is 0.263. The number of hydrogen-bond acceptors (Lipinski definition) is 4. The van der Waals surface area contributed by atoms with Crippen LogP contribution in [0.5, 0.6) is 0 Å². The van der Waals surface area contributed by atoms with Gasteiger partial charge in [0, 0.05) is 37.5 Å². The Kier molecular flexibility index (Phi) is 4.93. The Bertz CT molecular complexity index is 1020. The van der Waals surface area contributed by atoms with E-state index in [-0.39, 0.29) is 11.8 Å². The van der Waals surface area contributed by atoms with Crippen molar-refractivity contribution in [2.45, 2.75) is 6.42 Å². The van der Waals surface area contributed by atoms with E-state index in [0.29, 0.717) is 35.5 Å². The van der Waals surface area contributed by atoms with Gasteiger partial charge in [0.05, 0.1) is 11.9 Å². The van der Waals surface area contributed by atoms with Crippen molar-refractivity contribution in [1.82, 2.24) is 4.90 Å². The maximum absolute atomic E-state index is 12.6. The highest BCUT2D eigenvalue weighted by Gasteiger charge is 2.26. The Balaban J connectivity index is 1.80. The van der Waals surface area contributed by atoms with E-state index in [1.165, 1.54) is 15.5 Å². The molecule has 1 aliphatic heterocycles. The second-order valence-electron chi connectivity index (χ2n) is 6.66. The molecule has 0 radical (unpaired) electrons. The van der Waals surface area contributed by atoms with Gasteiger partial charge in [-0.05, 0) is 48.4 Å². The first-order valence-corrected chi connectivity index (χ1v) is 10.3. The number of fused-ring (bicyclic) bond motifs is 1. The lowest BCUT2D eigenvalue weighted by molar-refractivity contribution is 0.0827. The van der Waals surface area contributed by atoms with Crippen molar-refractivity contribution >= 4 is 33.2 Å². The lowest BCUT2D eigenvalue weighted by Gasteiger charge is -2.16. The van der Waals surface area contributed by atoms with Gasteiger partial charge in [-0.1, -0.05) is 6.07 Å². The Hall–Kier alpha value is -2.87. The molecule has 2 amide bonds. The summed E-state index contributed by atoms with van der Waals surface area (Å²) in [6, 6.07) is 11.7. The molecule has 0 atom stereocenters. The van der Waals surface area contributed by atoms with Crippen LogP contribution < -0.4 is 9.62 Å². The first-order valence-electron chi connectivity index (χ1n) is 8.40. The molecule has 0 spiro atoms. The fourth-order valence-corrected chi connectivity index (χ4v) is 4.01. The van der Waals surface area contributed by atoms with Gasteiger partial charge in [-0.15, -0.1) is 0 Å². The zero-order valence-electron chi connectivity index (χ0n) is 15.4. The minimum Gasteiger partial charge on any atom is -0.345 e. The van der Waals surface area contributed by atoms with Gasteiger partial charge < -0.3 is 10.2 Å². The molecule has 0 saturated heterocycles. The molecule has 2 aromatic rings. The smallest absolute Gasteiger partial charge is 0.255 e. The van der Waals surface area contributed by atoms with E-state index in [9.17, 15) is 18.0 Å². The molecule has 1 N–H and O–H groups in total. The Morgan fingerprint density at radius 1 is 1.07 bits per heavy atom. The molecule has 0 aliphatic carbocycles. The largest absolute Gasteiger partial charge is 0.345 e. The summed E-state index contributed by atoms with van der Waals surface area (Å²) in [6.07, 6.45) is 1.74. The van der Waals surface area contributed by atoms with Crippen LogP contribution in [0, 0.1) is 0 Å². The van der Waals surface area contributed by atoms with E-state index in [2.05, 4.69) is 5.32 Å². The average molecular weight is 387 g/mol. The maximum atomic E-state index is 12.6. The van der Waals surface area contributed by atoms with Crippen molar-refractivity contribution < 1.29 is 18.0 Å². The van der Waals surface area contributed by atoms with E-state index >= 15 is 0 Å². The normalized spacial score (nSPS) is 13.2. The molecular weight excluding hydrogens is 366 g/mol. The number of benzene rings is 2. The molecule has 2 aromatic carbocycles. The third kappa shape index (κ3) is 3.95. The average Bonchev–Trinajstić information content (AvgIpc) is 3.04. The molecule has 8 heteroatoms. The van der Waals surface area contributed by atoms with Crippen molar-refractivity contribution in [2.75, 3.05) is 36.5 Å². The summed E-state index contributed by atoms with van der Waals surface area (Å²) in [5.74, 6) is -0.463. The Morgan fingerprint density at radius 3 is 2.48 bits per heavy atom. The fourth-order valence-electron chi connectivity index (χ4n) is 3.05. The Labute approximate surface area is 158 Å². The van der Waals surface area contributed by atoms with Gasteiger partial charge in [0.15, 0.2) is 0 Å². The number of hydrogen-bond donors (Lipinski definition) is 1. The van der Waals surface area contributed by atoms with Crippen LogP contribution in [-0.2, 0) is 16.4 Å². The molecule has 3 rings (SSSR count). The molecule has 0 saturated carbocycles.